The summed E-state index contributed by atoms with van der Waals surface area (Å²) in [7, 11) is 0. The summed E-state index contributed by atoms with van der Waals surface area (Å²) in [5.41, 5.74) is 6.97. The van der Waals surface area contributed by atoms with Crippen molar-refractivity contribution in [2.24, 2.45) is 0 Å². The zero-order valence-corrected chi connectivity index (χ0v) is 18.3. The number of para-hydroxylation sites is 1. The summed E-state index contributed by atoms with van der Waals surface area (Å²) in [5, 5.41) is 12.2. The lowest BCUT2D eigenvalue weighted by molar-refractivity contribution is 0.804. The molecule has 0 bridgehead atoms. The Hall–Kier alpha value is -2.99. The maximum Gasteiger partial charge on any atom is 0.0998 e. The van der Waals surface area contributed by atoms with Crippen LogP contribution in [0.2, 0.25) is 10.0 Å². The lowest BCUT2D eigenvalue weighted by atomic mass is 10.0. The largest absolute Gasteiger partial charge is 0.340 e. The second kappa shape index (κ2) is 8.40. The van der Waals surface area contributed by atoms with E-state index in [4.69, 9.17) is 23.2 Å². The first-order valence-corrected chi connectivity index (χ1v) is 10.4. The Morgan fingerprint density at radius 2 is 1.73 bits per heavy atom. The van der Waals surface area contributed by atoms with Gasteiger partial charge in [0.1, 0.15) is 0 Å². The van der Waals surface area contributed by atoms with E-state index in [1.165, 1.54) is 5.56 Å². The molecule has 3 aromatic carbocycles. The molecule has 0 unspecified atom stereocenters. The van der Waals surface area contributed by atoms with Crippen LogP contribution in [0.4, 0.5) is 0 Å². The molecule has 4 rings (SSSR count). The van der Waals surface area contributed by atoms with Crippen LogP contribution in [0.5, 0.6) is 0 Å². The quantitative estimate of drug-likeness (QED) is 0.305. The summed E-state index contributed by atoms with van der Waals surface area (Å²) >= 11 is 12.5. The minimum absolute atomic E-state index is 0.623. The summed E-state index contributed by atoms with van der Waals surface area (Å²) in [6, 6.07) is 24.2. The molecular formula is C26H20Cl2N2. The van der Waals surface area contributed by atoms with E-state index >= 15 is 0 Å². The van der Waals surface area contributed by atoms with Crippen LogP contribution in [0.1, 0.15) is 27.9 Å². The van der Waals surface area contributed by atoms with E-state index in [2.05, 4.69) is 29.7 Å². The molecule has 0 amide bonds. The maximum atomic E-state index is 9.82. The minimum atomic E-state index is 0.623. The molecule has 0 spiro atoms. The van der Waals surface area contributed by atoms with Crippen molar-refractivity contribution in [3.05, 3.63) is 105 Å². The summed E-state index contributed by atoms with van der Waals surface area (Å²) in [5.74, 6) is 0. The van der Waals surface area contributed by atoms with E-state index < -0.39 is 0 Å². The van der Waals surface area contributed by atoms with Gasteiger partial charge in [0.15, 0.2) is 0 Å². The molecule has 0 atom stereocenters. The number of fused-ring (bicyclic) bond motifs is 1. The first-order valence-electron chi connectivity index (χ1n) is 9.68. The SMILES string of the molecule is Cc1ccc(/C(C#N)=C\c2c(C)n(Cc3ccc(Cl)cc3Cl)c3ccccc23)cc1. The lowest BCUT2D eigenvalue weighted by Crippen LogP contribution is -2.02. The molecule has 1 aromatic heterocycles. The van der Waals surface area contributed by atoms with E-state index in [1.54, 1.807) is 6.07 Å². The fourth-order valence-electron chi connectivity index (χ4n) is 3.72. The fraction of sp³-hybridized carbons (Fsp3) is 0.115. The average molecular weight is 431 g/mol. The topological polar surface area (TPSA) is 28.7 Å². The van der Waals surface area contributed by atoms with Gasteiger partial charge in [0.25, 0.3) is 0 Å². The van der Waals surface area contributed by atoms with Crippen LogP contribution in [0.25, 0.3) is 22.6 Å². The number of nitriles is 1. The zero-order chi connectivity index (χ0) is 21.3. The standard InChI is InChI=1S/C26H20Cl2N2/c1-17-7-9-19(10-8-17)21(15-29)13-24-18(2)30(26-6-4-3-5-23(24)26)16-20-11-12-22(27)14-25(20)28/h3-14H,16H2,1-2H3/b21-13-. The van der Waals surface area contributed by atoms with Gasteiger partial charge in [-0.2, -0.15) is 5.26 Å². The predicted octanol–water partition coefficient (Wildman–Crippen LogP) is 7.68. The van der Waals surface area contributed by atoms with Gasteiger partial charge in [-0.25, -0.2) is 0 Å². The first kappa shape index (κ1) is 20.3. The van der Waals surface area contributed by atoms with Crippen molar-refractivity contribution in [3.63, 3.8) is 0 Å². The molecule has 0 aliphatic rings. The second-order valence-electron chi connectivity index (χ2n) is 7.37. The Balaban J connectivity index is 1.86. The van der Waals surface area contributed by atoms with Crippen LogP contribution in [0, 0.1) is 25.2 Å². The Kier molecular flexibility index (Phi) is 5.68. The highest BCUT2D eigenvalue weighted by molar-refractivity contribution is 6.35. The van der Waals surface area contributed by atoms with Crippen molar-refractivity contribution >= 4 is 45.8 Å². The van der Waals surface area contributed by atoms with Gasteiger partial charge in [0.05, 0.1) is 11.6 Å². The zero-order valence-electron chi connectivity index (χ0n) is 16.8. The van der Waals surface area contributed by atoms with Crippen molar-refractivity contribution in [3.8, 4) is 6.07 Å². The van der Waals surface area contributed by atoms with Crippen molar-refractivity contribution in [2.45, 2.75) is 20.4 Å². The third-order valence-electron chi connectivity index (χ3n) is 5.39. The second-order valence-corrected chi connectivity index (χ2v) is 8.22. The summed E-state index contributed by atoms with van der Waals surface area (Å²) in [6.45, 7) is 4.75. The number of halogens is 2. The minimum Gasteiger partial charge on any atom is -0.340 e. The normalized spacial score (nSPS) is 11.6. The van der Waals surface area contributed by atoms with Gasteiger partial charge >= 0.3 is 0 Å². The van der Waals surface area contributed by atoms with Crippen LogP contribution >= 0.6 is 23.2 Å². The molecule has 148 valence electrons. The number of hydrogen-bond donors (Lipinski definition) is 0. The number of nitrogens with zero attached hydrogens (tertiary/aromatic N) is 2. The van der Waals surface area contributed by atoms with Gasteiger partial charge in [-0.15, -0.1) is 0 Å². The van der Waals surface area contributed by atoms with Gasteiger partial charge in [-0.3, -0.25) is 0 Å². The smallest absolute Gasteiger partial charge is 0.0998 e. The number of benzene rings is 3. The van der Waals surface area contributed by atoms with Gasteiger partial charge in [0.2, 0.25) is 0 Å². The summed E-state index contributed by atoms with van der Waals surface area (Å²) in [4.78, 5) is 0. The Morgan fingerprint density at radius 3 is 2.43 bits per heavy atom. The Morgan fingerprint density at radius 1 is 1.00 bits per heavy atom. The fourth-order valence-corrected chi connectivity index (χ4v) is 4.19. The highest BCUT2D eigenvalue weighted by Gasteiger charge is 2.15. The average Bonchev–Trinajstić information content (AvgIpc) is 3.00. The molecule has 0 fully saturated rings. The molecule has 1 heterocycles. The lowest BCUT2D eigenvalue weighted by Gasteiger charge is -2.11. The van der Waals surface area contributed by atoms with Crippen LogP contribution in [0.15, 0.2) is 66.7 Å². The molecule has 2 nitrogen and oxygen atoms in total. The van der Waals surface area contributed by atoms with E-state index in [9.17, 15) is 5.26 Å². The monoisotopic (exact) mass is 430 g/mol. The predicted molar refractivity (Wildman–Crippen MR) is 127 cm³/mol. The number of aryl methyl sites for hydroxylation is 1. The van der Waals surface area contributed by atoms with Crippen molar-refractivity contribution in [1.29, 1.82) is 5.26 Å². The number of allylic oxidation sites excluding steroid dienone is 1. The van der Waals surface area contributed by atoms with E-state index in [1.807, 2.05) is 61.5 Å². The van der Waals surface area contributed by atoms with Crippen LogP contribution < -0.4 is 0 Å². The number of aromatic nitrogens is 1. The molecule has 0 N–H and O–H groups in total. The third-order valence-corrected chi connectivity index (χ3v) is 5.98. The first-order chi connectivity index (χ1) is 14.5. The molecule has 0 aliphatic heterocycles. The van der Waals surface area contributed by atoms with Crippen molar-refractivity contribution in [1.82, 2.24) is 4.57 Å². The van der Waals surface area contributed by atoms with E-state index in [0.717, 1.165) is 33.3 Å². The molecule has 4 heteroatoms. The van der Waals surface area contributed by atoms with Gasteiger partial charge in [0, 0.05) is 38.8 Å². The molecule has 4 aromatic rings. The van der Waals surface area contributed by atoms with E-state index in [-0.39, 0.29) is 0 Å². The van der Waals surface area contributed by atoms with E-state index in [0.29, 0.717) is 22.2 Å². The number of hydrogen-bond acceptors (Lipinski definition) is 1. The third kappa shape index (κ3) is 3.87. The van der Waals surface area contributed by atoms with Gasteiger partial charge < -0.3 is 4.57 Å². The van der Waals surface area contributed by atoms with Crippen molar-refractivity contribution in [2.75, 3.05) is 0 Å². The highest BCUT2D eigenvalue weighted by atomic mass is 35.5. The molecule has 30 heavy (non-hydrogen) atoms. The van der Waals surface area contributed by atoms with Crippen molar-refractivity contribution < 1.29 is 0 Å². The highest BCUT2D eigenvalue weighted by Crippen LogP contribution is 2.32. The summed E-state index contributed by atoms with van der Waals surface area (Å²) in [6.07, 6.45) is 1.99. The Labute approximate surface area is 186 Å². The van der Waals surface area contributed by atoms with Gasteiger partial charge in [-0.1, -0.05) is 77.3 Å². The molecule has 0 saturated carbocycles. The Bertz CT molecular complexity index is 1310. The molecule has 0 saturated heterocycles. The molecule has 0 radical (unpaired) electrons. The number of rotatable bonds is 4. The van der Waals surface area contributed by atoms with Gasteiger partial charge in [-0.05, 0) is 49.2 Å². The summed E-state index contributed by atoms with van der Waals surface area (Å²) < 4.78 is 2.24. The maximum absolute atomic E-state index is 9.82. The van der Waals surface area contributed by atoms with Crippen LogP contribution in [0.3, 0.4) is 0 Å². The van der Waals surface area contributed by atoms with Crippen LogP contribution in [-0.4, -0.2) is 4.57 Å². The molecular weight excluding hydrogens is 411 g/mol. The molecule has 0 aliphatic carbocycles. The van der Waals surface area contributed by atoms with Crippen LogP contribution in [-0.2, 0) is 6.54 Å².